The molecule has 6 heteroatoms. The van der Waals surface area contributed by atoms with Crippen LogP contribution in [0.2, 0.25) is 0 Å². The van der Waals surface area contributed by atoms with Crippen molar-refractivity contribution in [3.63, 3.8) is 0 Å². The van der Waals surface area contributed by atoms with E-state index in [9.17, 15) is 4.79 Å². The topological polar surface area (TPSA) is 50.6 Å². The molecular weight excluding hydrogens is 268 g/mol. The predicted octanol–water partition coefficient (Wildman–Crippen LogP) is 1.43. The highest BCUT2D eigenvalue weighted by Gasteiger charge is 2.32. The van der Waals surface area contributed by atoms with Gasteiger partial charge < -0.3 is 14.5 Å². The zero-order valence-electron chi connectivity index (χ0n) is 13.1. The van der Waals surface area contributed by atoms with Gasteiger partial charge >= 0.3 is 6.03 Å². The number of nitrogens with zero attached hydrogens (tertiary/aromatic N) is 4. The number of fused-ring (bicyclic) bond motifs is 1. The summed E-state index contributed by atoms with van der Waals surface area (Å²) < 4.78 is 7.80. The first-order chi connectivity index (χ1) is 10.1. The van der Waals surface area contributed by atoms with Gasteiger partial charge in [-0.05, 0) is 18.8 Å². The summed E-state index contributed by atoms with van der Waals surface area (Å²) in [6.07, 6.45) is 4.47. The second kappa shape index (κ2) is 5.67. The molecule has 0 bridgehead atoms. The Morgan fingerprint density at radius 2 is 2.19 bits per heavy atom. The molecule has 0 saturated heterocycles. The first-order valence-electron chi connectivity index (χ1n) is 7.61. The Hall–Kier alpha value is -1.56. The quantitative estimate of drug-likeness (QED) is 0.843. The second-order valence-corrected chi connectivity index (χ2v) is 6.41. The molecule has 2 aliphatic rings. The van der Waals surface area contributed by atoms with E-state index in [1.165, 1.54) is 18.5 Å². The van der Waals surface area contributed by atoms with Gasteiger partial charge in [0.1, 0.15) is 0 Å². The van der Waals surface area contributed by atoms with Gasteiger partial charge in [0.15, 0.2) is 0 Å². The van der Waals surface area contributed by atoms with Crippen molar-refractivity contribution in [1.82, 2.24) is 19.6 Å². The normalized spacial score (nSPS) is 21.3. The molecule has 21 heavy (non-hydrogen) atoms. The second-order valence-electron chi connectivity index (χ2n) is 6.41. The fraction of sp³-hybridized carbons (Fsp3) is 0.733. The molecule has 2 amide bonds. The van der Waals surface area contributed by atoms with Gasteiger partial charge in [0.05, 0.1) is 25.0 Å². The number of aromatic nitrogens is 2. The number of hydrogen-bond donors (Lipinski definition) is 0. The van der Waals surface area contributed by atoms with Crippen LogP contribution in [-0.4, -0.2) is 59.5 Å². The van der Waals surface area contributed by atoms with Crippen molar-refractivity contribution in [3.05, 3.63) is 17.5 Å². The van der Waals surface area contributed by atoms with Gasteiger partial charge in [-0.3, -0.25) is 4.68 Å². The number of hydrogen-bond acceptors (Lipinski definition) is 3. The van der Waals surface area contributed by atoms with E-state index >= 15 is 0 Å². The fourth-order valence-electron chi connectivity index (χ4n) is 2.99. The summed E-state index contributed by atoms with van der Waals surface area (Å²) in [7, 11) is 5.55. The molecule has 1 aliphatic heterocycles. The van der Waals surface area contributed by atoms with Gasteiger partial charge in [0.25, 0.3) is 0 Å². The van der Waals surface area contributed by atoms with E-state index in [1.54, 1.807) is 19.0 Å². The van der Waals surface area contributed by atoms with Crippen LogP contribution in [0.25, 0.3) is 0 Å². The third-order valence-corrected chi connectivity index (χ3v) is 4.28. The summed E-state index contributed by atoms with van der Waals surface area (Å²) >= 11 is 0. The van der Waals surface area contributed by atoms with Crippen LogP contribution in [0.1, 0.15) is 30.0 Å². The Labute approximate surface area is 125 Å². The number of carbonyl (C=O) groups excluding carboxylic acids is 1. The smallest absolute Gasteiger partial charge is 0.319 e. The van der Waals surface area contributed by atoms with Crippen LogP contribution in [0.5, 0.6) is 0 Å². The van der Waals surface area contributed by atoms with Crippen molar-refractivity contribution in [2.75, 3.05) is 33.9 Å². The number of ether oxygens (including phenoxy) is 1. The van der Waals surface area contributed by atoms with Gasteiger partial charge in [-0.1, -0.05) is 0 Å². The van der Waals surface area contributed by atoms with Crippen LogP contribution in [-0.2, 0) is 18.3 Å². The van der Waals surface area contributed by atoms with Crippen molar-refractivity contribution in [1.29, 1.82) is 0 Å². The van der Waals surface area contributed by atoms with Gasteiger partial charge in [-0.2, -0.15) is 5.10 Å². The van der Waals surface area contributed by atoms with Crippen LogP contribution in [0.4, 0.5) is 4.79 Å². The molecule has 2 heterocycles. The van der Waals surface area contributed by atoms with Crippen LogP contribution in [0, 0.1) is 5.92 Å². The van der Waals surface area contributed by atoms with E-state index in [-0.39, 0.29) is 11.9 Å². The van der Waals surface area contributed by atoms with E-state index in [1.807, 2.05) is 22.8 Å². The Bertz CT molecular complexity index is 522. The average molecular weight is 292 g/mol. The maximum Gasteiger partial charge on any atom is 0.319 e. The molecular formula is C15H24N4O2. The Kier molecular flexibility index (Phi) is 3.89. The molecule has 0 aromatic carbocycles. The highest BCUT2D eigenvalue weighted by atomic mass is 16.5. The largest absolute Gasteiger partial charge is 0.380 e. The number of amides is 2. The predicted molar refractivity (Wildman–Crippen MR) is 79.0 cm³/mol. The van der Waals surface area contributed by atoms with Crippen molar-refractivity contribution in [2.24, 2.45) is 13.0 Å². The third kappa shape index (κ3) is 3.05. The fourth-order valence-corrected chi connectivity index (χ4v) is 2.99. The molecule has 116 valence electrons. The van der Waals surface area contributed by atoms with Gasteiger partial charge in [-0.25, -0.2) is 4.79 Å². The van der Waals surface area contributed by atoms with E-state index < -0.39 is 0 Å². The van der Waals surface area contributed by atoms with Gasteiger partial charge in [-0.15, -0.1) is 0 Å². The van der Waals surface area contributed by atoms with E-state index in [4.69, 9.17) is 4.74 Å². The minimum absolute atomic E-state index is 0.0525. The minimum Gasteiger partial charge on any atom is -0.380 e. The van der Waals surface area contributed by atoms with Crippen molar-refractivity contribution >= 4 is 6.03 Å². The van der Waals surface area contributed by atoms with E-state index in [2.05, 4.69) is 5.10 Å². The van der Waals surface area contributed by atoms with Crippen LogP contribution in [0.3, 0.4) is 0 Å². The summed E-state index contributed by atoms with van der Waals surface area (Å²) in [5.41, 5.74) is 2.35. The molecule has 1 atom stereocenters. The summed E-state index contributed by atoms with van der Waals surface area (Å²) in [5.74, 6) is 0.975. The molecule has 0 radical (unpaired) electrons. The molecule has 1 saturated carbocycles. The molecule has 1 unspecified atom stereocenters. The van der Waals surface area contributed by atoms with Crippen LogP contribution >= 0.6 is 0 Å². The molecule has 0 spiro atoms. The molecule has 1 fully saturated rings. The molecule has 1 aliphatic carbocycles. The molecule has 3 rings (SSSR count). The Balaban J connectivity index is 1.72. The van der Waals surface area contributed by atoms with Crippen molar-refractivity contribution in [3.8, 4) is 0 Å². The first kappa shape index (κ1) is 14.4. The van der Waals surface area contributed by atoms with E-state index in [0.29, 0.717) is 19.7 Å². The molecule has 1 aromatic rings. The average Bonchev–Trinajstić information content (AvgIpc) is 3.20. The SMILES string of the molecule is CN(C)C(=O)N1Cc2cnn(C)c2C(COCC2CC2)C1. The Morgan fingerprint density at radius 1 is 1.43 bits per heavy atom. The minimum atomic E-state index is 0.0525. The molecule has 0 N–H and O–H groups in total. The monoisotopic (exact) mass is 292 g/mol. The zero-order chi connectivity index (χ0) is 15.0. The molecule has 1 aromatic heterocycles. The number of carbonyl (C=O) groups is 1. The summed E-state index contributed by atoms with van der Waals surface area (Å²) in [4.78, 5) is 15.7. The summed E-state index contributed by atoms with van der Waals surface area (Å²) in [5, 5.41) is 4.35. The lowest BCUT2D eigenvalue weighted by Crippen LogP contribution is -2.44. The van der Waals surface area contributed by atoms with Gasteiger partial charge in [0, 0.05) is 45.8 Å². The van der Waals surface area contributed by atoms with E-state index in [0.717, 1.165) is 18.1 Å². The maximum atomic E-state index is 12.2. The van der Waals surface area contributed by atoms with Crippen molar-refractivity contribution < 1.29 is 9.53 Å². The number of rotatable bonds is 4. The zero-order valence-corrected chi connectivity index (χ0v) is 13.1. The summed E-state index contributed by atoms with van der Waals surface area (Å²) in [6, 6.07) is 0.0525. The van der Waals surface area contributed by atoms with Gasteiger partial charge in [0.2, 0.25) is 0 Å². The highest BCUT2D eigenvalue weighted by Crippen LogP contribution is 2.31. The van der Waals surface area contributed by atoms with Crippen LogP contribution in [0.15, 0.2) is 6.20 Å². The lowest BCUT2D eigenvalue weighted by Gasteiger charge is -2.34. The lowest BCUT2D eigenvalue weighted by molar-refractivity contribution is 0.0898. The summed E-state index contributed by atoms with van der Waals surface area (Å²) in [6.45, 7) is 2.86. The number of aryl methyl sites for hydroxylation is 1. The lowest BCUT2D eigenvalue weighted by atomic mass is 9.97. The van der Waals surface area contributed by atoms with Crippen molar-refractivity contribution in [2.45, 2.75) is 25.3 Å². The standard InChI is InChI=1S/C15H24N4O2/c1-17(2)15(20)19-7-12-6-16-18(3)14(12)13(8-19)10-21-9-11-4-5-11/h6,11,13H,4-5,7-10H2,1-3H3. The van der Waals surface area contributed by atoms with Crippen LogP contribution < -0.4 is 0 Å². The Morgan fingerprint density at radius 3 is 2.86 bits per heavy atom. The highest BCUT2D eigenvalue weighted by molar-refractivity contribution is 5.74. The first-order valence-corrected chi connectivity index (χ1v) is 7.61. The third-order valence-electron chi connectivity index (χ3n) is 4.28. The molecule has 6 nitrogen and oxygen atoms in total. The maximum absolute atomic E-state index is 12.2. The number of urea groups is 1.